The van der Waals surface area contributed by atoms with Gasteiger partial charge in [0.15, 0.2) is 0 Å². The zero-order valence-electron chi connectivity index (χ0n) is 15.9. The number of benzene rings is 1. The molecule has 26 heavy (non-hydrogen) atoms. The molecule has 5 atom stereocenters. The zero-order chi connectivity index (χ0) is 18.5. The van der Waals surface area contributed by atoms with E-state index in [-0.39, 0.29) is 23.4 Å². The van der Waals surface area contributed by atoms with Crippen LogP contribution in [0.15, 0.2) is 18.2 Å². The lowest BCUT2D eigenvalue weighted by Gasteiger charge is -2.57. The number of ketones is 1. The van der Waals surface area contributed by atoms with E-state index in [1.165, 1.54) is 18.1 Å². The molecule has 2 saturated carbocycles. The van der Waals surface area contributed by atoms with E-state index in [9.17, 15) is 9.59 Å². The fraction of sp³-hybridized carbons (Fsp3) is 0.636. The van der Waals surface area contributed by atoms with Crippen LogP contribution >= 0.6 is 0 Å². The van der Waals surface area contributed by atoms with Crippen molar-refractivity contribution >= 4 is 11.8 Å². The molecule has 0 N–H and O–H groups in total. The van der Waals surface area contributed by atoms with Gasteiger partial charge in [-0.05, 0) is 66.2 Å². The van der Waals surface area contributed by atoms with Crippen LogP contribution < -0.4 is 4.74 Å². The Balaban J connectivity index is 1.74. The van der Waals surface area contributed by atoms with Crippen LogP contribution in [0.25, 0.3) is 0 Å². The maximum absolute atomic E-state index is 12.2. The fourth-order valence-electron chi connectivity index (χ4n) is 6.05. The van der Waals surface area contributed by atoms with Gasteiger partial charge in [0.1, 0.15) is 17.6 Å². The summed E-state index contributed by atoms with van der Waals surface area (Å²) in [5.74, 6) is 2.09. The molecule has 0 spiro atoms. The van der Waals surface area contributed by atoms with Crippen molar-refractivity contribution in [1.82, 2.24) is 0 Å². The Morgan fingerprint density at radius 1 is 1.23 bits per heavy atom. The minimum Gasteiger partial charge on any atom is -0.497 e. The standard InChI is InChI=1S/C22H28O4/c1-13(23)26-21-12-18-17-6-5-16(25-3)10-14(17)4-7-19(18)22(2)9-8-15(24)11-20(21)22/h5-6,10,18-21H,4,7-9,11-12H2,1-3H3/t18-,19-,20-,21+,22+/m0/s1. The van der Waals surface area contributed by atoms with E-state index < -0.39 is 0 Å². The smallest absolute Gasteiger partial charge is 0.302 e. The van der Waals surface area contributed by atoms with E-state index in [4.69, 9.17) is 9.47 Å². The number of hydrogen-bond acceptors (Lipinski definition) is 4. The van der Waals surface area contributed by atoms with Gasteiger partial charge in [0.2, 0.25) is 0 Å². The Morgan fingerprint density at radius 2 is 2.04 bits per heavy atom. The lowest BCUT2D eigenvalue weighted by atomic mass is 9.48. The third kappa shape index (κ3) is 2.74. The first-order valence-electron chi connectivity index (χ1n) is 9.78. The first-order valence-corrected chi connectivity index (χ1v) is 9.78. The van der Waals surface area contributed by atoms with Gasteiger partial charge in [0, 0.05) is 25.7 Å². The van der Waals surface area contributed by atoms with Gasteiger partial charge in [0.25, 0.3) is 0 Å². The molecule has 4 heteroatoms. The van der Waals surface area contributed by atoms with Crippen LogP contribution in [-0.4, -0.2) is 25.0 Å². The van der Waals surface area contributed by atoms with Crippen molar-refractivity contribution in [3.63, 3.8) is 0 Å². The highest BCUT2D eigenvalue weighted by Crippen LogP contribution is 2.61. The molecule has 2 fully saturated rings. The van der Waals surface area contributed by atoms with Crippen LogP contribution in [0.3, 0.4) is 0 Å². The second-order valence-corrected chi connectivity index (χ2v) is 8.56. The van der Waals surface area contributed by atoms with E-state index >= 15 is 0 Å². The summed E-state index contributed by atoms with van der Waals surface area (Å²) < 4.78 is 11.2. The second kappa shape index (κ2) is 6.40. The number of methoxy groups -OCH3 is 1. The van der Waals surface area contributed by atoms with Gasteiger partial charge in [-0.1, -0.05) is 13.0 Å². The molecule has 0 unspecified atom stereocenters. The van der Waals surface area contributed by atoms with Crippen LogP contribution in [0.1, 0.15) is 63.0 Å². The summed E-state index contributed by atoms with van der Waals surface area (Å²) in [6.45, 7) is 3.82. The topological polar surface area (TPSA) is 52.6 Å². The Kier molecular flexibility index (Phi) is 4.32. The fourth-order valence-corrected chi connectivity index (χ4v) is 6.05. The molecule has 0 amide bonds. The highest BCUT2D eigenvalue weighted by atomic mass is 16.5. The summed E-state index contributed by atoms with van der Waals surface area (Å²) in [5, 5.41) is 0. The van der Waals surface area contributed by atoms with Gasteiger partial charge < -0.3 is 9.47 Å². The highest BCUT2D eigenvalue weighted by molar-refractivity contribution is 5.80. The van der Waals surface area contributed by atoms with Crippen LogP contribution in [0.4, 0.5) is 0 Å². The number of ether oxygens (including phenoxy) is 2. The molecule has 0 saturated heterocycles. The number of Topliss-reactive ketones (excluding diaryl/α,β-unsaturated/α-hetero) is 1. The molecule has 3 aliphatic rings. The third-order valence-corrected chi connectivity index (χ3v) is 7.30. The quantitative estimate of drug-likeness (QED) is 0.750. The van der Waals surface area contributed by atoms with E-state index in [2.05, 4.69) is 19.1 Å². The van der Waals surface area contributed by atoms with Gasteiger partial charge >= 0.3 is 5.97 Å². The van der Waals surface area contributed by atoms with Crippen molar-refractivity contribution < 1.29 is 19.1 Å². The van der Waals surface area contributed by atoms with E-state index in [1.807, 2.05) is 6.07 Å². The summed E-state index contributed by atoms with van der Waals surface area (Å²) in [7, 11) is 1.70. The monoisotopic (exact) mass is 356 g/mol. The van der Waals surface area contributed by atoms with Gasteiger partial charge in [0.05, 0.1) is 7.11 Å². The predicted molar refractivity (Wildman–Crippen MR) is 98.2 cm³/mol. The van der Waals surface area contributed by atoms with Crippen molar-refractivity contribution in [2.75, 3.05) is 7.11 Å². The van der Waals surface area contributed by atoms with Gasteiger partial charge in [-0.3, -0.25) is 9.59 Å². The largest absolute Gasteiger partial charge is 0.497 e. The molecular weight excluding hydrogens is 328 g/mol. The Hall–Kier alpha value is -1.84. The van der Waals surface area contributed by atoms with Crippen molar-refractivity contribution in [3.8, 4) is 5.75 Å². The average molecular weight is 356 g/mol. The molecule has 0 heterocycles. The first kappa shape index (κ1) is 17.6. The number of rotatable bonds is 2. The van der Waals surface area contributed by atoms with Crippen molar-refractivity contribution in [2.24, 2.45) is 17.3 Å². The van der Waals surface area contributed by atoms with Crippen LogP contribution in [-0.2, 0) is 20.7 Å². The summed E-state index contributed by atoms with van der Waals surface area (Å²) >= 11 is 0. The highest BCUT2D eigenvalue weighted by Gasteiger charge is 2.56. The summed E-state index contributed by atoms with van der Waals surface area (Å²) in [5.41, 5.74) is 2.81. The number of carbonyl (C=O) groups is 2. The zero-order valence-corrected chi connectivity index (χ0v) is 15.9. The Labute approximate surface area is 155 Å². The molecule has 0 aromatic heterocycles. The van der Waals surface area contributed by atoms with Crippen LogP contribution in [0.2, 0.25) is 0 Å². The van der Waals surface area contributed by atoms with Crippen molar-refractivity contribution in [1.29, 1.82) is 0 Å². The molecule has 3 aliphatic carbocycles. The first-order chi connectivity index (χ1) is 12.4. The van der Waals surface area contributed by atoms with Gasteiger partial charge in [-0.15, -0.1) is 0 Å². The minimum atomic E-state index is -0.236. The number of esters is 1. The van der Waals surface area contributed by atoms with E-state index in [0.29, 0.717) is 30.5 Å². The molecular formula is C22H28O4. The molecule has 0 radical (unpaired) electrons. The summed E-state index contributed by atoms with van der Waals surface area (Å²) in [6.07, 6.45) is 5.01. The minimum absolute atomic E-state index is 0.0640. The number of fused-ring (bicyclic) bond motifs is 5. The number of aryl methyl sites for hydroxylation is 1. The summed E-state index contributed by atoms with van der Waals surface area (Å²) in [6, 6.07) is 6.40. The van der Waals surface area contributed by atoms with E-state index in [1.54, 1.807) is 7.11 Å². The maximum Gasteiger partial charge on any atom is 0.302 e. The Bertz CT molecular complexity index is 740. The molecule has 1 aromatic carbocycles. The lowest BCUT2D eigenvalue weighted by molar-refractivity contribution is -0.168. The second-order valence-electron chi connectivity index (χ2n) is 8.56. The molecule has 1 aromatic rings. The molecule has 0 aliphatic heterocycles. The third-order valence-electron chi connectivity index (χ3n) is 7.30. The van der Waals surface area contributed by atoms with Crippen molar-refractivity contribution in [3.05, 3.63) is 29.3 Å². The average Bonchev–Trinajstić information content (AvgIpc) is 2.62. The van der Waals surface area contributed by atoms with Gasteiger partial charge in [-0.25, -0.2) is 0 Å². The van der Waals surface area contributed by atoms with Gasteiger partial charge in [-0.2, -0.15) is 0 Å². The summed E-state index contributed by atoms with van der Waals surface area (Å²) in [4.78, 5) is 23.9. The predicted octanol–water partition coefficient (Wildman–Crippen LogP) is 4.05. The molecule has 4 nitrogen and oxygen atoms in total. The number of carbonyl (C=O) groups excluding carboxylic acids is 2. The maximum atomic E-state index is 12.2. The number of hydrogen-bond donors (Lipinski definition) is 0. The SMILES string of the molecule is COc1ccc2c(c1)CC[C@H]1[C@H]2C[C@@H](OC(C)=O)[C@@H]2CC(=O)CC[C@@]21C. The van der Waals surface area contributed by atoms with Crippen LogP contribution in [0, 0.1) is 17.3 Å². The lowest BCUT2D eigenvalue weighted by Crippen LogP contribution is -2.54. The molecule has 140 valence electrons. The normalized spacial score (nSPS) is 35.7. The van der Waals surface area contributed by atoms with Crippen molar-refractivity contribution in [2.45, 2.75) is 64.4 Å². The Morgan fingerprint density at radius 3 is 2.77 bits per heavy atom. The van der Waals surface area contributed by atoms with E-state index in [0.717, 1.165) is 31.4 Å². The molecule has 4 rings (SSSR count). The molecule has 0 bridgehead atoms. The van der Waals surface area contributed by atoms with Crippen LogP contribution in [0.5, 0.6) is 5.75 Å².